The summed E-state index contributed by atoms with van der Waals surface area (Å²) in [6.07, 6.45) is 3.12. The van der Waals surface area contributed by atoms with E-state index in [0.717, 1.165) is 0 Å². The van der Waals surface area contributed by atoms with E-state index < -0.39 is 24.3 Å². The third-order valence-corrected chi connectivity index (χ3v) is 3.80. The van der Waals surface area contributed by atoms with Gasteiger partial charge in [0.05, 0.1) is 23.4 Å². The summed E-state index contributed by atoms with van der Waals surface area (Å²) in [5, 5.41) is 14.0. The van der Waals surface area contributed by atoms with Crippen molar-refractivity contribution in [2.24, 2.45) is 0 Å². The lowest BCUT2D eigenvalue weighted by Crippen LogP contribution is -2.41. The zero-order chi connectivity index (χ0) is 17.7. The number of aromatic nitrogens is 1. The molecule has 0 unspecified atom stereocenters. The second-order valence-corrected chi connectivity index (χ2v) is 5.93. The first-order valence-corrected chi connectivity index (χ1v) is 7.26. The maximum Gasteiger partial charge on any atom is 0.496 e. The van der Waals surface area contributed by atoms with E-state index in [1.54, 1.807) is 19.2 Å². The summed E-state index contributed by atoms with van der Waals surface area (Å²) in [6.45, 7) is 10.0. The highest BCUT2D eigenvalue weighted by Crippen LogP contribution is 2.36. The molecular formula is C14H22B2NO6. The number of hydrogen-bond donors (Lipinski definition) is 2. The third-order valence-electron chi connectivity index (χ3n) is 3.80. The van der Waals surface area contributed by atoms with Crippen LogP contribution in [0.3, 0.4) is 0 Å². The maximum atomic E-state index is 11.7. The molecule has 2 heterocycles. The molecule has 9 heteroatoms. The van der Waals surface area contributed by atoms with E-state index >= 15 is 0 Å². The Bertz CT molecular complexity index is 522. The molecule has 7 nitrogen and oxygen atoms in total. The van der Waals surface area contributed by atoms with Crippen molar-refractivity contribution in [1.82, 2.24) is 4.98 Å². The maximum absolute atomic E-state index is 11.7. The molecular weight excluding hydrogens is 300 g/mol. The summed E-state index contributed by atoms with van der Waals surface area (Å²) in [6, 6.07) is 1.70. The molecule has 0 atom stereocenters. The molecule has 1 aromatic heterocycles. The lowest BCUT2D eigenvalue weighted by molar-refractivity contribution is 0.00578. The molecule has 0 bridgehead atoms. The van der Waals surface area contributed by atoms with Crippen LogP contribution in [0.25, 0.3) is 0 Å². The van der Waals surface area contributed by atoms with Gasteiger partial charge in [0.1, 0.15) is 0 Å². The highest BCUT2D eigenvalue weighted by atomic mass is 16.7. The molecule has 0 amide bonds. The number of nitrogens with zero attached hydrogens (tertiary/aromatic N) is 1. The molecule has 125 valence electrons. The van der Waals surface area contributed by atoms with Crippen LogP contribution in [0.1, 0.15) is 45.0 Å². The molecule has 23 heavy (non-hydrogen) atoms. The van der Waals surface area contributed by atoms with Crippen molar-refractivity contribution in [1.29, 1.82) is 0 Å². The van der Waals surface area contributed by atoms with Crippen LogP contribution in [0.15, 0.2) is 18.5 Å². The van der Waals surface area contributed by atoms with Gasteiger partial charge in [-0.1, -0.05) is 0 Å². The predicted octanol–water partition coefficient (Wildman–Crippen LogP) is 0.0627. The van der Waals surface area contributed by atoms with E-state index in [9.17, 15) is 4.79 Å². The summed E-state index contributed by atoms with van der Waals surface area (Å²) >= 11 is 0. The van der Waals surface area contributed by atoms with Crippen LogP contribution in [0.5, 0.6) is 0 Å². The van der Waals surface area contributed by atoms with Crippen molar-refractivity contribution in [2.45, 2.75) is 45.8 Å². The average Bonchev–Trinajstić information content (AvgIpc) is 2.69. The Hall–Kier alpha value is -1.41. The summed E-state index contributed by atoms with van der Waals surface area (Å²) < 4.78 is 16.8. The SMILES string of the molecule is CCOC(=O)c1cncc(B2OC(C)(C)C(C)(C)O2)c1.O[B]O. The number of carbonyl (C=O) groups excluding carboxylic acids is 1. The molecule has 2 rings (SSSR count). The molecule has 1 radical (unpaired) electrons. The van der Waals surface area contributed by atoms with Crippen molar-refractivity contribution in [3.05, 3.63) is 24.0 Å². The van der Waals surface area contributed by atoms with Gasteiger partial charge in [-0.3, -0.25) is 4.98 Å². The van der Waals surface area contributed by atoms with Crippen molar-refractivity contribution < 1.29 is 28.9 Å². The normalized spacial score (nSPS) is 18.0. The minimum Gasteiger partial charge on any atom is -0.462 e. The fraction of sp³-hybridized carbons (Fsp3) is 0.571. The van der Waals surface area contributed by atoms with Gasteiger partial charge in [-0.15, -0.1) is 0 Å². The minimum absolute atomic E-state index is 0. The number of ether oxygens (including phenoxy) is 1. The van der Waals surface area contributed by atoms with Gasteiger partial charge < -0.3 is 24.1 Å². The number of hydrogen-bond acceptors (Lipinski definition) is 7. The molecule has 0 saturated carbocycles. The fourth-order valence-electron chi connectivity index (χ4n) is 1.89. The van der Waals surface area contributed by atoms with Gasteiger partial charge in [-0.05, 0) is 40.7 Å². The smallest absolute Gasteiger partial charge is 0.462 e. The number of rotatable bonds is 3. The predicted molar refractivity (Wildman–Crippen MR) is 86.1 cm³/mol. The van der Waals surface area contributed by atoms with Crippen molar-refractivity contribution >= 4 is 26.2 Å². The quantitative estimate of drug-likeness (QED) is 0.600. The molecule has 0 aromatic carbocycles. The van der Waals surface area contributed by atoms with E-state index in [2.05, 4.69) is 4.98 Å². The molecule has 1 aliphatic heterocycles. The van der Waals surface area contributed by atoms with Crippen molar-refractivity contribution in [2.75, 3.05) is 6.61 Å². The molecule has 2 N–H and O–H groups in total. The van der Waals surface area contributed by atoms with Crippen molar-refractivity contribution in [3.63, 3.8) is 0 Å². The largest absolute Gasteiger partial charge is 0.496 e. The lowest BCUT2D eigenvalue weighted by atomic mass is 9.80. The van der Waals surface area contributed by atoms with E-state index in [-0.39, 0.29) is 7.69 Å². The highest BCUT2D eigenvalue weighted by Gasteiger charge is 2.51. The molecule has 1 fully saturated rings. The Balaban J connectivity index is 0.000000816. The van der Waals surface area contributed by atoms with E-state index in [1.807, 2.05) is 27.7 Å². The van der Waals surface area contributed by atoms with Gasteiger partial charge in [0.2, 0.25) is 0 Å². The van der Waals surface area contributed by atoms with Crippen LogP contribution in [-0.2, 0) is 14.0 Å². The standard InChI is InChI=1S/C14H20BNO4.BH2O2/c1-6-18-12(17)10-7-11(9-16-8-10)15-19-13(2,3)14(4,5)20-15;2-1-3/h7-9H,6H2,1-5H3;2-3H. The zero-order valence-corrected chi connectivity index (χ0v) is 14.1. The van der Waals surface area contributed by atoms with Gasteiger partial charge in [0.25, 0.3) is 0 Å². The van der Waals surface area contributed by atoms with Crippen LogP contribution in [0.2, 0.25) is 0 Å². The Kier molecular flexibility index (Phi) is 6.76. The van der Waals surface area contributed by atoms with Gasteiger partial charge in [-0.25, -0.2) is 4.79 Å². The van der Waals surface area contributed by atoms with Gasteiger partial charge in [0, 0.05) is 17.9 Å². The third kappa shape index (κ3) is 4.78. The van der Waals surface area contributed by atoms with E-state index in [1.165, 1.54) is 6.20 Å². The zero-order valence-electron chi connectivity index (χ0n) is 14.1. The van der Waals surface area contributed by atoms with Crippen LogP contribution in [0, 0.1) is 0 Å². The average molecular weight is 322 g/mol. The van der Waals surface area contributed by atoms with Crippen LogP contribution < -0.4 is 5.46 Å². The summed E-state index contributed by atoms with van der Waals surface area (Å²) in [5.41, 5.74) is 0.281. The number of pyridine rings is 1. The number of esters is 1. The number of carbonyl (C=O) groups is 1. The summed E-state index contributed by atoms with van der Waals surface area (Å²) in [7, 11) is -0.526. The van der Waals surface area contributed by atoms with Gasteiger partial charge in [0.15, 0.2) is 0 Å². The fourth-order valence-corrected chi connectivity index (χ4v) is 1.89. The van der Waals surface area contributed by atoms with Crippen LogP contribution in [-0.4, -0.2) is 53.6 Å². The second kappa shape index (κ2) is 7.92. The lowest BCUT2D eigenvalue weighted by Gasteiger charge is -2.32. The van der Waals surface area contributed by atoms with E-state index in [0.29, 0.717) is 17.6 Å². The first-order chi connectivity index (χ1) is 10.7. The van der Waals surface area contributed by atoms with E-state index in [4.69, 9.17) is 24.1 Å². The molecule has 1 saturated heterocycles. The minimum atomic E-state index is -0.526. The monoisotopic (exact) mass is 322 g/mol. The van der Waals surface area contributed by atoms with Crippen molar-refractivity contribution in [3.8, 4) is 0 Å². The Morgan fingerprint density at radius 1 is 1.26 bits per heavy atom. The molecule has 1 aromatic rings. The van der Waals surface area contributed by atoms with Crippen LogP contribution in [0.4, 0.5) is 0 Å². The Morgan fingerprint density at radius 2 is 1.78 bits per heavy atom. The first kappa shape index (κ1) is 19.6. The molecule has 0 spiro atoms. The first-order valence-electron chi connectivity index (χ1n) is 7.26. The molecule has 0 aliphatic carbocycles. The summed E-state index contributed by atoms with van der Waals surface area (Å²) in [4.78, 5) is 15.8. The summed E-state index contributed by atoms with van der Waals surface area (Å²) in [5.74, 6) is -0.390. The Morgan fingerprint density at radius 3 is 2.26 bits per heavy atom. The Labute approximate surface area is 137 Å². The van der Waals surface area contributed by atoms with Gasteiger partial charge >= 0.3 is 20.8 Å². The van der Waals surface area contributed by atoms with Gasteiger partial charge in [-0.2, -0.15) is 0 Å². The highest BCUT2D eigenvalue weighted by molar-refractivity contribution is 6.62. The van der Waals surface area contributed by atoms with Crippen LogP contribution >= 0.6 is 0 Å². The topological polar surface area (TPSA) is 98.1 Å². The second-order valence-electron chi connectivity index (χ2n) is 5.93. The molecule has 1 aliphatic rings.